The molecule has 11 nitrogen and oxygen atoms in total. The van der Waals surface area contributed by atoms with E-state index in [9.17, 15) is 0 Å². The zero-order valence-corrected chi connectivity index (χ0v) is 28.9. The molecule has 0 aliphatic rings. The summed E-state index contributed by atoms with van der Waals surface area (Å²) in [6.45, 7) is 13.6. The molecule has 0 aromatic rings. The average Bonchev–Trinajstić information content (AvgIpc) is 3.05. The van der Waals surface area contributed by atoms with Crippen LogP contribution in [0, 0.1) is 0 Å². The molecule has 0 atom stereocenters. The van der Waals surface area contributed by atoms with Crippen molar-refractivity contribution < 1.29 is 52.5 Å². The predicted octanol–water partition coefficient (Wildman–Crippen LogP) is 4.85. The maximum atomic E-state index is 8.64. The third-order valence-electron chi connectivity index (χ3n) is 6.69. The monoisotopic (exact) mass is 654 g/mol. The Kier molecular flexibility index (Phi) is 43.1. The fourth-order valence-corrected chi connectivity index (χ4v) is 4.12. The first-order valence-corrected chi connectivity index (χ1v) is 17.8. The minimum Gasteiger partial charge on any atom is -0.396 e. The van der Waals surface area contributed by atoms with Gasteiger partial charge in [0, 0.05) is 19.8 Å². The van der Waals surface area contributed by atoms with Crippen LogP contribution in [0.2, 0.25) is 0 Å². The maximum Gasteiger partial charge on any atom is 0.0701 e. The Balaban J connectivity index is 3.03. The number of unbranched alkanes of at least 4 members (excludes halogenated alkanes) is 10. The van der Waals surface area contributed by atoms with E-state index in [2.05, 4.69) is 6.92 Å². The second kappa shape index (κ2) is 43.6. The zero-order valence-electron chi connectivity index (χ0n) is 28.9. The number of aliphatic hydroxyl groups is 1. The van der Waals surface area contributed by atoms with E-state index < -0.39 is 0 Å². The van der Waals surface area contributed by atoms with Crippen molar-refractivity contribution in [2.24, 2.45) is 0 Å². The molecule has 45 heavy (non-hydrogen) atoms. The fourth-order valence-electron chi connectivity index (χ4n) is 4.12. The summed E-state index contributed by atoms with van der Waals surface area (Å²) in [7, 11) is 0. The van der Waals surface area contributed by atoms with Crippen LogP contribution in [0.25, 0.3) is 0 Å². The van der Waals surface area contributed by atoms with E-state index in [4.69, 9.17) is 52.5 Å². The van der Waals surface area contributed by atoms with E-state index in [-0.39, 0.29) is 6.61 Å². The molecule has 0 radical (unpaired) electrons. The van der Waals surface area contributed by atoms with Gasteiger partial charge in [-0.15, -0.1) is 0 Å². The molecule has 11 heteroatoms. The highest BCUT2D eigenvalue weighted by Gasteiger charge is 1.97. The van der Waals surface area contributed by atoms with Crippen molar-refractivity contribution in [2.45, 2.75) is 84.0 Å². The highest BCUT2D eigenvalue weighted by atomic mass is 16.6. The van der Waals surface area contributed by atoms with Crippen molar-refractivity contribution in [3.8, 4) is 0 Å². The largest absolute Gasteiger partial charge is 0.396 e. The molecule has 0 amide bonds. The number of rotatable bonds is 42. The van der Waals surface area contributed by atoms with E-state index in [0.717, 1.165) is 13.0 Å². The minimum absolute atomic E-state index is 0.152. The van der Waals surface area contributed by atoms with Crippen LogP contribution < -0.4 is 0 Å². The third kappa shape index (κ3) is 43.6. The van der Waals surface area contributed by atoms with Gasteiger partial charge in [0.05, 0.1) is 119 Å². The molecule has 0 aliphatic carbocycles. The van der Waals surface area contributed by atoms with Crippen LogP contribution in [0.4, 0.5) is 0 Å². The predicted molar refractivity (Wildman–Crippen MR) is 176 cm³/mol. The molecule has 0 rings (SSSR count). The summed E-state index contributed by atoms with van der Waals surface area (Å²) >= 11 is 0. The molecule has 0 unspecified atom stereocenters. The number of ether oxygens (including phenoxy) is 10. The van der Waals surface area contributed by atoms with Gasteiger partial charge in [-0.25, -0.2) is 0 Å². The van der Waals surface area contributed by atoms with Gasteiger partial charge in [-0.2, -0.15) is 0 Å². The SMILES string of the molecule is CCCCCCCCCCCCCOCCOCCOCCOCCOCCOCCOCCOCCOCCOCCCO. The summed E-state index contributed by atoms with van der Waals surface area (Å²) in [4.78, 5) is 0. The topological polar surface area (TPSA) is 113 Å². The quantitative estimate of drug-likeness (QED) is 0.0913. The number of hydrogen-bond donors (Lipinski definition) is 1. The van der Waals surface area contributed by atoms with Gasteiger partial charge in [0.25, 0.3) is 0 Å². The first-order chi connectivity index (χ1) is 22.4. The van der Waals surface area contributed by atoms with Gasteiger partial charge in [-0.3, -0.25) is 0 Å². The molecular formula is C34H70O11. The highest BCUT2D eigenvalue weighted by molar-refractivity contribution is 4.48. The molecule has 0 bridgehead atoms. The van der Waals surface area contributed by atoms with Crippen molar-refractivity contribution >= 4 is 0 Å². The molecule has 0 saturated heterocycles. The van der Waals surface area contributed by atoms with E-state index >= 15 is 0 Å². The van der Waals surface area contributed by atoms with Gasteiger partial charge in [-0.05, 0) is 12.8 Å². The number of aliphatic hydroxyl groups excluding tert-OH is 1. The Morgan fingerprint density at radius 2 is 0.444 bits per heavy atom. The normalized spacial score (nSPS) is 11.6. The van der Waals surface area contributed by atoms with Gasteiger partial charge >= 0.3 is 0 Å². The minimum atomic E-state index is 0.152. The van der Waals surface area contributed by atoms with Crippen molar-refractivity contribution in [2.75, 3.05) is 139 Å². The summed E-state index contributed by atoms with van der Waals surface area (Å²) in [6, 6.07) is 0. The summed E-state index contributed by atoms with van der Waals surface area (Å²) < 4.78 is 54.7. The second-order valence-electron chi connectivity index (χ2n) is 10.7. The first-order valence-electron chi connectivity index (χ1n) is 17.8. The van der Waals surface area contributed by atoms with Gasteiger partial charge in [0.15, 0.2) is 0 Å². The molecule has 0 heterocycles. The maximum absolute atomic E-state index is 8.64. The Bertz CT molecular complexity index is 461. The standard InChI is InChI=1S/C34H70O11/c1-2-3-4-5-6-7-8-9-10-11-12-15-36-17-19-38-21-23-40-25-27-42-29-31-44-33-34-45-32-30-43-28-26-41-24-22-39-20-18-37-16-13-14-35/h35H,2-34H2,1H3. The lowest BCUT2D eigenvalue weighted by atomic mass is 10.1. The Hall–Kier alpha value is -0.440. The van der Waals surface area contributed by atoms with Crippen LogP contribution in [-0.2, 0) is 47.4 Å². The highest BCUT2D eigenvalue weighted by Crippen LogP contribution is 2.11. The van der Waals surface area contributed by atoms with Crippen LogP contribution in [0.3, 0.4) is 0 Å². The molecule has 0 aliphatic heterocycles. The lowest BCUT2D eigenvalue weighted by Gasteiger charge is -2.09. The molecule has 0 aromatic heterocycles. The van der Waals surface area contributed by atoms with Gasteiger partial charge in [-0.1, -0.05) is 71.1 Å². The lowest BCUT2D eigenvalue weighted by molar-refractivity contribution is -0.0265. The zero-order chi connectivity index (χ0) is 32.4. The van der Waals surface area contributed by atoms with Crippen LogP contribution in [0.15, 0.2) is 0 Å². The fraction of sp³-hybridized carbons (Fsp3) is 1.00. The van der Waals surface area contributed by atoms with Crippen molar-refractivity contribution in [1.82, 2.24) is 0 Å². The number of hydrogen-bond acceptors (Lipinski definition) is 11. The molecule has 0 spiro atoms. The molecule has 272 valence electrons. The third-order valence-corrected chi connectivity index (χ3v) is 6.69. The van der Waals surface area contributed by atoms with Gasteiger partial charge in [0.1, 0.15) is 0 Å². The first kappa shape index (κ1) is 44.6. The van der Waals surface area contributed by atoms with Gasteiger partial charge in [0.2, 0.25) is 0 Å². The summed E-state index contributed by atoms with van der Waals surface area (Å²) in [5, 5.41) is 8.64. The van der Waals surface area contributed by atoms with E-state index in [1.807, 2.05) is 0 Å². The van der Waals surface area contributed by atoms with Crippen molar-refractivity contribution in [3.63, 3.8) is 0 Å². The second-order valence-corrected chi connectivity index (χ2v) is 10.7. The van der Waals surface area contributed by atoms with Crippen LogP contribution in [0.1, 0.15) is 84.0 Å². The van der Waals surface area contributed by atoms with Crippen LogP contribution in [0.5, 0.6) is 0 Å². The molecular weight excluding hydrogens is 584 g/mol. The summed E-state index contributed by atoms with van der Waals surface area (Å²) in [6.07, 6.45) is 15.5. The van der Waals surface area contributed by atoms with Crippen molar-refractivity contribution in [1.29, 1.82) is 0 Å². The Morgan fingerprint density at radius 1 is 0.244 bits per heavy atom. The van der Waals surface area contributed by atoms with Gasteiger partial charge < -0.3 is 52.5 Å². The van der Waals surface area contributed by atoms with E-state index in [1.165, 1.54) is 64.2 Å². The van der Waals surface area contributed by atoms with Crippen LogP contribution in [-0.4, -0.2) is 144 Å². The molecule has 1 N–H and O–H groups in total. The molecule has 0 fully saturated rings. The smallest absolute Gasteiger partial charge is 0.0701 e. The van der Waals surface area contributed by atoms with Crippen molar-refractivity contribution in [3.05, 3.63) is 0 Å². The molecule has 0 saturated carbocycles. The Morgan fingerprint density at radius 3 is 0.689 bits per heavy atom. The van der Waals surface area contributed by atoms with E-state index in [0.29, 0.717) is 132 Å². The van der Waals surface area contributed by atoms with E-state index in [1.54, 1.807) is 0 Å². The lowest BCUT2D eigenvalue weighted by Crippen LogP contribution is -2.15. The Labute approximate surface area is 275 Å². The summed E-state index contributed by atoms with van der Waals surface area (Å²) in [5.74, 6) is 0. The van der Waals surface area contributed by atoms with Crippen LogP contribution >= 0.6 is 0 Å². The average molecular weight is 655 g/mol. The molecule has 0 aromatic carbocycles. The summed E-state index contributed by atoms with van der Waals surface area (Å²) in [5.41, 5.74) is 0.